The highest BCUT2D eigenvalue weighted by atomic mass is 35.5. The van der Waals surface area contributed by atoms with Crippen LogP contribution in [0.1, 0.15) is 5.56 Å². The molecule has 0 aromatic heterocycles. The van der Waals surface area contributed by atoms with Crippen molar-refractivity contribution in [3.63, 3.8) is 0 Å². The lowest BCUT2D eigenvalue weighted by Gasteiger charge is -2.24. The van der Waals surface area contributed by atoms with Gasteiger partial charge in [-0.1, -0.05) is 42.1 Å². The summed E-state index contributed by atoms with van der Waals surface area (Å²) in [6.07, 6.45) is 1.50. The first-order valence-corrected chi connectivity index (χ1v) is 7.33. The number of aliphatic carboxylic acids is 1. The van der Waals surface area contributed by atoms with E-state index in [2.05, 4.69) is 11.6 Å². The highest BCUT2D eigenvalue weighted by molar-refractivity contribution is 8.13. The maximum atomic E-state index is 12.8. The number of carboxylic acid groups (broad SMARTS) is 1. The molecule has 0 spiro atoms. The molecule has 1 aliphatic rings. The average molecular weight is 327 g/mol. The lowest BCUT2D eigenvalue weighted by atomic mass is 10.2. The number of carbonyl (C=O) groups is 1. The summed E-state index contributed by atoms with van der Waals surface area (Å²) in [5.41, 5.74) is 1.30. The van der Waals surface area contributed by atoms with E-state index in [9.17, 15) is 9.18 Å². The van der Waals surface area contributed by atoms with Crippen molar-refractivity contribution in [2.75, 3.05) is 6.54 Å². The second kappa shape index (κ2) is 6.78. The molecule has 0 fully saturated rings. The number of rotatable bonds is 4. The van der Waals surface area contributed by atoms with E-state index in [0.29, 0.717) is 21.6 Å². The first kappa shape index (κ1) is 15.6. The summed E-state index contributed by atoms with van der Waals surface area (Å²) >= 11 is 7.25. The van der Waals surface area contributed by atoms with Gasteiger partial charge in [0.1, 0.15) is 12.4 Å². The lowest BCUT2D eigenvalue weighted by Crippen LogP contribution is -2.31. The van der Waals surface area contributed by atoms with Gasteiger partial charge < -0.3 is 10.0 Å². The molecule has 0 bridgehead atoms. The Kier molecular flexibility index (Phi) is 5.03. The lowest BCUT2D eigenvalue weighted by molar-refractivity contribution is -0.136. The molecule has 2 rings (SSSR count). The molecule has 4 nitrogen and oxygen atoms in total. The molecule has 7 heteroatoms. The molecule has 0 amide bonds. The molecule has 110 valence electrons. The van der Waals surface area contributed by atoms with Gasteiger partial charge in [0.15, 0.2) is 5.17 Å². The second-order valence-electron chi connectivity index (χ2n) is 4.25. The molecule has 0 aliphatic carbocycles. The quantitative estimate of drug-likeness (QED) is 0.921. The molecular weight excluding hydrogens is 315 g/mol. The van der Waals surface area contributed by atoms with Crippen molar-refractivity contribution < 1.29 is 14.3 Å². The van der Waals surface area contributed by atoms with Gasteiger partial charge in [-0.3, -0.25) is 4.79 Å². The fraction of sp³-hybridized carbons (Fsp3) is 0.143. The van der Waals surface area contributed by atoms with Crippen LogP contribution >= 0.6 is 23.4 Å². The number of nitrogens with zero attached hydrogens (tertiary/aromatic N) is 2. The Morgan fingerprint density at radius 3 is 2.71 bits per heavy atom. The van der Waals surface area contributed by atoms with E-state index in [0.717, 1.165) is 5.56 Å². The van der Waals surface area contributed by atoms with Crippen molar-refractivity contribution in [1.29, 1.82) is 0 Å². The summed E-state index contributed by atoms with van der Waals surface area (Å²) in [6.45, 7) is 3.46. The number of aliphatic imine (C=N–C) groups is 1. The van der Waals surface area contributed by atoms with Crippen LogP contribution in [0.15, 0.2) is 52.8 Å². The minimum atomic E-state index is -0.988. The monoisotopic (exact) mass is 326 g/mol. The topological polar surface area (TPSA) is 52.9 Å². The molecule has 0 unspecified atom stereocenters. The van der Waals surface area contributed by atoms with E-state index < -0.39 is 5.97 Å². The standard InChI is InChI=1S/C14H12ClFN2O2S/c1-9-12(15)6-18(7-13(19)20)14(17-9)21-8-10-2-4-11(16)5-3-10/h2-6H,1,7-8H2,(H,19,20). The minimum absolute atomic E-state index is 0.237. The van der Waals surface area contributed by atoms with Gasteiger partial charge in [0.2, 0.25) is 0 Å². The van der Waals surface area contributed by atoms with E-state index in [4.69, 9.17) is 16.7 Å². The van der Waals surface area contributed by atoms with Crippen molar-refractivity contribution in [1.82, 2.24) is 4.90 Å². The molecule has 0 saturated heterocycles. The third kappa shape index (κ3) is 4.34. The van der Waals surface area contributed by atoms with Crippen LogP contribution in [0.4, 0.5) is 4.39 Å². The molecule has 1 N–H and O–H groups in total. The predicted molar refractivity (Wildman–Crippen MR) is 82.5 cm³/mol. The fourth-order valence-electron chi connectivity index (χ4n) is 1.60. The van der Waals surface area contributed by atoms with Crippen molar-refractivity contribution in [2.45, 2.75) is 5.75 Å². The largest absolute Gasteiger partial charge is 0.480 e. The van der Waals surface area contributed by atoms with Crippen LogP contribution in [0, 0.1) is 5.82 Å². The van der Waals surface area contributed by atoms with Crippen molar-refractivity contribution in [3.05, 3.63) is 59.2 Å². The number of amidine groups is 1. The van der Waals surface area contributed by atoms with E-state index in [-0.39, 0.29) is 12.4 Å². The zero-order chi connectivity index (χ0) is 15.4. The normalized spacial score (nSPS) is 14.8. The van der Waals surface area contributed by atoms with Crippen LogP contribution in [0.5, 0.6) is 0 Å². The van der Waals surface area contributed by atoms with Crippen LogP contribution in [0.2, 0.25) is 0 Å². The molecule has 0 atom stereocenters. The second-order valence-corrected chi connectivity index (χ2v) is 5.60. The molecule has 0 radical (unpaired) electrons. The van der Waals surface area contributed by atoms with Gasteiger partial charge in [-0.15, -0.1) is 0 Å². The summed E-state index contributed by atoms with van der Waals surface area (Å²) in [6, 6.07) is 6.10. The first-order valence-electron chi connectivity index (χ1n) is 5.96. The Balaban J connectivity index is 2.08. The summed E-state index contributed by atoms with van der Waals surface area (Å²) in [5, 5.41) is 9.71. The number of hydrogen-bond acceptors (Lipinski definition) is 4. The van der Waals surface area contributed by atoms with Gasteiger partial charge in [-0.05, 0) is 17.7 Å². The Morgan fingerprint density at radius 2 is 2.10 bits per heavy atom. The summed E-state index contributed by atoms with van der Waals surface area (Å²) in [4.78, 5) is 16.5. The van der Waals surface area contributed by atoms with Gasteiger partial charge >= 0.3 is 5.97 Å². The maximum Gasteiger partial charge on any atom is 0.323 e. The van der Waals surface area contributed by atoms with E-state index in [1.165, 1.54) is 35.0 Å². The highest BCUT2D eigenvalue weighted by Crippen LogP contribution is 2.26. The van der Waals surface area contributed by atoms with E-state index in [1.807, 2.05) is 0 Å². The van der Waals surface area contributed by atoms with Gasteiger partial charge in [0, 0.05) is 12.0 Å². The van der Waals surface area contributed by atoms with Crippen LogP contribution in [-0.4, -0.2) is 27.7 Å². The predicted octanol–water partition coefficient (Wildman–Crippen LogP) is 3.41. The van der Waals surface area contributed by atoms with Crippen LogP contribution in [-0.2, 0) is 10.5 Å². The van der Waals surface area contributed by atoms with Crippen LogP contribution in [0.3, 0.4) is 0 Å². The SMILES string of the molecule is C=C1N=C(SCc2ccc(F)cc2)N(CC(=O)O)C=C1Cl. The number of allylic oxidation sites excluding steroid dienone is 1. The molecule has 21 heavy (non-hydrogen) atoms. The summed E-state index contributed by atoms with van der Waals surface area (Å²) in [7, 11) is 0. The number of hydrogen-bond donors (Lipinski definition) is 1. The molecule has 0 saturated carbocycles. The van der Waals surface area contributed by atoms with E-state index in [1.54, 1.807) is 12.1 Å². The Hall–Kier alpha value is -1.79. The molecule has 1 aromatic rings. The van der Waals surface area contributed by atoms with Gasteiger partial charge in [0.25, 0.3) is 0 Å². The molecule has 1 heterocycles. The Bertz CT molecular complexity index is 628. The summed E-state index contributed by atoms with van der Waals surface area (Å²) < 4.78 is 12.8. The average Bonchev–Trinajstić information content (AvgIpc) is 2.42. The number of halogens is 2. The number of carboxylic acids is 1. The summed E-state index contributed by atoms with van der Waals surface area (Å²) in [5.74, 6) is -0.749. The number of benzene rings is 1. The zero-order valence-corrected chi connectivity index (χ0v) is 12.5. The highest BCUT2D eigenvalue weighted by Gasteiger charge is 2.19. The van der Waals surface area contributed by atoms with Crippen molar-refractivity contribution in [2.24, 2.45) is 4.99 Å². The fourth-order valence-corrected chi connectivity index (χ4v) is 2.71. The van der Waals surface area contributed by atoms with Gasteiger partial charge in [-0.25, -0.2) is 9.38 Å². The minimum Gasteiger partial charge on any atom is -0.480 e. The van der Waals surface area contributed by atoms with Crippen molar-refractivity contribution in [3.8, 4) is 0 Å². The molecule has 1 aromatic carbocycles. The van der Waals surface area contributed by atoms with Crippen LogP contribution < -0.4 is 0 Å². The molecular formula is C14H12ClFN2O2S. The van der Waals surface area contributed by atoms with Crippen molar-refractivity contribution >= 4 is 34.5 Å². The zero-order valence-electron chi connectivity index (χ0n) is 10.9. The third-order valence-corrected chi connectivity index (χ3v) is 3.99. The smallest absolute Gasteiger partial charge is 0.323 e. The Morgan fingerprint density at radius 1 is 1.43 bits per heavy atom. The molecule has 1 aliphatic heterocycles. The van der Waals surface area contributed by atoms with Gasteiger partial charge in [0.05, 0.1) is 10.7 Å². The maximum absolute atomic E-state index is 12.8. The van der Waals surface area contributed by atoms with E-state index >= 15 is 0 Å². The van der Waals surface area contributed by atoms with Gasteiger partial charge in [-0.2, -0.15) is 0 Å². The Labute approximate surface area is 130 Å². The first-order chi connectivity index (χ1) is 9.95. The van der Waals surface area contributed by atoms with Crippen LogP contribution in [0.25, 0.3) is 0 Å². The third-order valence-electron chi connectivity index (χ3n) is 2.61. The number of thioether (sulfide) groups is 1.